The minimum Gasteiger partial charge on any atom is -0.320 e. The molecule has 0 aliphatic carbocycles. The summed E-state index contributed by atoms with van der Waals surface area (Å²) < 4.78 is 40.3. The van der Waals surface area contributed by atoms with Crippen LogP contribution < -0.4 is 5.73 Å². The largest absolute Gasteiger partial charge is 0.320 e. The van der Waals surface area contributed by atoms with E-state index in [1.807, 2.05) is 19.9 Å². The highest BCUT2D eigenvalue weighted by atomic mass is 19.1. The van der Waals surface area contributed by atoms with Gasteiger partial charge in [0, 0.05) is 17.7 Å². The number of rotatable bonds is 2. The third-order valence-corrected chi connectivity index (χ3v) is 2.96. The highest BCUT2D eigenvalue weighted by molar-refractivity contribution is 5.37. The van der Waals surface area contributed by atoms with E-state index in [0.717, 1.165) is 11.1 Å². The minimum atomic E-state index is -0.968. The van der Waals surface area contributed by atoms with Crippen LogP contribution in [0.3, 0.4) is 0 Å². The fourth-order valence-corrected chi connectivity index (χ4v) is 2.21. The van der Waals surface area contributed by atoms with Crippen LogP contribution >= 0.6 is 0 Å². The molecule has 2 aromatic carbocycles. The summed E-state index contributed by atoms with van der Waals surface area (Å²) in [4.78, 5) is 0. The van der Waals surface area contributed by atoms with Gasteiger partial charge in [0.1, 0.15) is 17.5 Å². The summed E-state index contributed by atoms with van der Waals surface area (Å²) in [5, 5.41) is 0. The predicted octanol–water partition coefficient (Wildman–Crippen LogP) is 3.77. The SMILES string of the molecule is Cc1cc(C)cc(C(N)c2c(F)cc(F)cc2F)c1. The Morgan fingerprint density at radius 2 is 1.32 bits per heavy atom. The molecule has 0 aromatic heterocycles. The number of nitrogens with two attached hydrogens (primary N) is 1. The lowest BCUT2D eigenvalue weighted by Gasteiger charge is -2.16. The zero-order chi connectivity index (χ0) is 14.2. The third kappa shape index (κ3) is 2.79. The Kier molecular flexibility index (Phi) is 3.62. The summed E-state index contributed by atoms with van der Waals surface area (Å²) in [5.41, 5.74) is 8.09. The van der Waals surface area contributed by atoms with Crippen molar-refractivity contribution in [2.45, 2.75) is 19.9 Å². The van der Waals surface area contributed by atoms with Crippen molar-refractivity contribution in [2.75, 3.05) is 0 Å². The number of hydrogen-bond donors (Lipinski definition) is 1. The third-order valence-electron chi connectivity index (χ3n) is 2.96. The molecule has 1 unspecified atom stereocenters. The van der Waals surface area contributed by atoms with Gasteiger partial charge in [0.2, 0.25) is 0 Å². The molecule has 2 N–H and O–H groups in total. The lowest BCUT2D eigenvalue weighted by atomic mass is 9.95. The van der Waals surface area contributed by atoms with Gasteiger partial charge < -0.3 is 5.73 Å². The summed E-state index contributed by atoms with van der Waals surface area (Å²) in [5.74, 6) is -2.89. The smallest absolute Gasteiger partial charge is 0.134 e. The molecule has 4 heteroatoms. The van der Waals surface area contributed by atoms with E-state index >= 15 is 0 Å². The molecular formula is C15H14F3N. The van der Waals surface area contributed by atoms with Crippen molar-refractivity contribution in [3.63, 3.8) is 0 Å². The van der Waals surface area contributed by atoms with E-state index in [0.29, 0.717) is 17.7 Å². The van der Waals surface area contributed by atoms with Gasteiger partial charge in [0.15, 0.2) is 0 Å². The molecule has 0 saturated carbocycles. The highest BCUT2D eigenvalue weighted by Crippen LogP contribution is 2.27. The van der Waals surface area contributed by atoms with Crippen LogP contribution in [0.2, 0.25) is 0 Å². The molecule has 2 rings (SSSR count). The Morgan fingerprint density at radius 1 is 0.842 bits per heavy atom. The highest BCUT2D eigenvalue weighted by Gasteiger charge is 2.20. The van der Waals surface area contributed by atoms with E-state index in [2.05, 4.69) is 0 Å². The lowest BCUT2D eigenvalue weighted by molar-refractivity contribution is 0.515. The van der Waals surface area contributed by atoms with E-state index in [1.54, 1.807) is 12.1 Å². The Balaban J connectivity index is 2.52. The fraction of sp³-hybridized carbons (Fsp3) is 0.200. The van der Waals surface area contributed by atoms with Crippen molar-refractivity contribution in [1.82, 2.24) is 0 Å². The average Bonchev–Trinajstić information content (AvgIpc) is 2.25. The Morgan fingerprint density at radius 3 is 1.79 bits per heavy atom. The molecule has 0 amide bonds. The Bertz CT molecular complexity index is 580. The maximum absolute atomic E-state index is 13.7. The van der Waals surface area contributed by atoms with Gasteiger partial charge in [-0.1, -0.05) is 29.3 Å². The molecule has 0 radical (unpaired) electrons. The van der Waals surface area contributed by atoms with E-state index in [-0.39, 0.29) is 5.56 Å². The van der Waals surface area contributed by atoms with Crippen LogP contribution in [0, 0.1) is 31.3 Å². The van der Waals surface area contributed by atoms with Crippen molar-refractivity contribution >= 4 is 0 Å². The van der Waals surface area contributed by atoms with Gasteiger partial charge in [0.05, 0.1) is 6.04 Å². The maximum atomic E-state index is 13.7. The molecule has 19 heavy (non-hydrogen) atoms. The monoisotopic (exact) mass is 265 g/mol. The average molecular weight is 265 g/mol. The number of aryl methyl sites for hydroxylation is 2. The van der Waals surface area contributed by atoms with Crippen LogP contribution in [0.15, 0.2) is 30.3 Å². The van der Waals surface area contributed by atoms with E-state index in [1.165, 1.54) is 0 Å². The first-order valence-corrected chi connectivity index (χ1v) is 5.86. The van der Waals surface area contributed by atoms with Crippen molar-refractivity contribution in [2.24, 2.45) is 5.73 Å². The maximum Gasteiger partial charge on any atom is 0.134 e. The summed E-state index contributed by atoms with van der Waals surface area (Å²) in [7, 11) is 0. The first kappa shape index (κ1) is 13.6. The molecule has 0 aliphatic rings. The standard InChI is InChI=1S/C15H14F3N/c1-8-3-9(2)5-10(4-8)15(19)14-12(17)6-11(16)7-13(14)18/h3-7,15H,19H2,1-2H3. The van der Waals surface area contributed by atoms with Gasteiger partial charge in [-0.05, 0) is 19.4 Å². The Labute approximate surface area is 109 Å². The van der Waals surface area contributed by atoms with Gasteiger partial charge in [-0.25, -0.2) is 13.2 Å². The van der Waals surface area contributed by atoms with Gasteiger partial charge in [-0.15, -0.1) is 0 Å². The molecular weight excluding hydrogens is 251 g/mol. The van der Waals surface area contributed by atoms with Crippen molar-refractivity contribution in [3.05, 3.63) is 70.0 Å². The van der Waals surface area contributed by atoms with Crippen molar-refractivity contribution in [3.8, 4) is 0 Å². The van der Waals surface area contributed by atoms with Crippen LogP contribution in [0.25, 0.3) is 0 Å². The second-order valence-corrected chi connectivity index (χ2v) is 4.68. The first-order chi connectivity index (χ1) is 8.88. The molecule has 100 valence electrons. The molecule has 0 spiro atoms. The second-order valence-electron chi connectivity index (χ2n) is 4.68. The quantitative estimate of drug-likeness (QED) is 0.878. The summed E-state index contributed by atoms with van der Waals surface area (Å²) in [6.45, 7) is 3.75. The topological polar surface area (TPSA) is 26.0 Å². The fourth-order valence-electron chi connectivity index (χ4n) is 2.21. The normalized spacial score (nSPS) is 12.5. The van der Waals surface area contributed by atoms with Crippen molar-refractivity contribution in [1.29, 1.82) is 0 Å². The summed E-state index contributed by atoms with van der Waals surface area (Å²) in [6, 6.07) is 5.79. The summed E-state index contributed by atoms with van der Waals surface area (Å²) in [6.07, 6.45) is 0. The van der Waals surface area contributed by atoms with Gasteiger partial charge in [-0.2, -0.15) is 0 Å². The van der Waals surface area contributed by atoms with Crippen LogP contribution in [0.1, 0.15) is 28.3 Å². The molecule has 1 nitrogen and oxygen atoms in total. The molecule has 0 fully saturated rings. The second kappa shape index (κ2) is 5.05. The number of hydrogen-bond acceptors (Lipinski definition) is 1. The molecule has 2 aromatic rings. The predicted molar refractivity (Wildman–Crippen MR) is 68.3 cm³/mol. The van der Waals surface area contributed by atoms with E-state index < -0.39 is 23.5 Å². The first-order valence-electron chi connectivity index (χ1n) is 5.86. The van der Waals surface area contributed by atoms with E-state index in [9.17, 15) is 13.2 Å². The molecule has 1 atom stereocenters. The minimum absolute atomic E-state index is 0.314. The van der Waals surface area contributed by atoms with Crippen LogP contribution in [-0.4, -0.2) is 0 Å². The molecule has 0 bridgehead atoms. The molecule has 0 saturated heterocycles. The lowest BCUT2D eigenvalue weighted by Crippen LogP contribution is -2.16. The molecule has 0 heterocycles. The van der Waals surface area contributed by atoms with Crippen LogP contribution in [0.5, 0.6) is 0 Å². The number of halogens is 3. The summed E-state index contributed by atoms with van der Waals surface area (Å²) >= 11 is 0. The van der Waals surface area contributed by atoms with Gasteiger partial charge in [0.25, 0.3) is 0 Å². The molecule has 0 aliphatic heterocycles. The Hall–Kier alpha value is -1.81. The van der Waals surface area contributed by atoms with Gasteiger partial charge >= 0.3 is 0 Å². The number of benzene rings is 2. The van der Waals surface area contributed by atoms with Crippen LogP contribution in [0.4, 0.5) is 13.2 Å². The zero-order valence-electron chi connectivity index (χ0n) is 10.7. The van der Waals surface area contributed by atoms with Crippen molar-refractivity contribution < 1.29 is 13.2 Å². The van der Waals surface area contributed by atoms with Gasteiger partial charge in [-0.3, -0.25) is 0 Å². The zero-order valence-corrected chi connectivity index (χ0v) is 10.7. The van der Waals surface area contributed by atoms with Crippen LogP contribution in [-0.2, 0) is 0 Å². The van der Waals surface area contributed by atoms with E-state index in [4.69, 9.17) is 5.73 Å².